The zero-order valence-electron chi connectivity index (χ0n) is 15.8. The second-order valence-corrected chi connectivity index (χ2v) is 7.49. The van der Waals surface area contributed by atoms with Crippen molar-refractivity contribution in [3.63, 3.8) is 0 Å². The lowest BCUT2D eigenvalue weighted by molar-refractivity contribution is 0.0323. The van der Waals surface area contributed by atoms with Crippen LogP contribution in [0.1, 0.15) is 24.5 Å². The Hall–Kier alpha value is -0.450. The van der Waals surface area contributed by atoms with Crippen LogP contribution in [0.15, 0.2) is 10.4 Å². The van der Waals surface area contributed by atoms with Crippen LogP contribution in [0.2, 0.25) is 0 Å². The number of nitrogens with one attached hydrogen (secondary N) is 1. The summed E-state index contributed by atoms with van der Waals surface area (Å²) in [6.45, 7) is 13.8. The molecule has 0 spiro atoms. The van der Waals surface area contributed by atoms with Crippen molar-refractivity contribution in [1.29, 1.82) is 0 Å². The predicted octanol–water partition coefficient (Wildman–Crippen LogP) is 2.44. The summed E-state index contributed by atoms with van der Waals surface area (Å²) in [7, 11) is 2.07. The Balaban J connectivity index is 0.00000312. The van der Waals surface area contributed by atoms with Crippen molar-refractivity contribution >= 4 is 41.3 Å². The SMILES string of the molecule is CCNC(=NCC(C)CN1CCOCC1)N(C)Cc1csc(C)n1.I. The third-order valence-electron chi connectivity index (χ3n) is 3.99. The third-order valence-corrected chi connectivity index (χ3v) is 4.81. The molecule has 1 unspecified atom stereocenters. The molecule has 25 heavy (non-hydrogen) atoms. The summed E-state index contributed by atoms with van der Waals surface area (Å²) in [5.41, 5.74) is 1.10. The molecule has 0 amide bonds. The van der Waals surface area contributed by atoms with Crippen molar-refractivity contribution in [3.05, 3.63) is 16.1 Å². The minimum Gasteiger partial charge on any atom is -0.379 e. The van der Waals surface area contributed by atoms with Crippen molar-refractivity contribution in [2.45, 2.75) is 27.3 Å². The van der Waals surface area contributed by atoms with Crippen molar-refractivity contribution in [2.24, 2.45) is 10.9 Å². The molecule has 0 radical (unpaired) electrons. The van der Waals surface area contributed by atoms with Crippen molar-refractivity contribution in [1.82, 2.24) is 20.1 Å². The maximum Gasteiger partial charge on any atom is 0.194 e. The standard InChI is InChI=1S/C17H31N5OS.HI/c1-5-18-17(21(4)12-16-13-24-15(3)20-16)19-10-14(2)11-22-6-8-23-9-7-22;/h13-14H,5-12H2,1-4H3,(H,18,19);1H. The van der Waals surface area contributed by atoms with Gasteiger partial charge in [0.05, 0.1) is 30.5 Å². The Morgan fingerprint density at radius 1 is 1.48 bits per heavy atom. The predicted molar refractivity (Wildman–Crippen MR) is 116 cm³/mol. The molecular weight excluding hydrogens is 449 g/mol. The maximum absolute atomic E-state index is 5.41. The van der Waals surface area contributed by atoms with Crippen molar-refractivity contribution < 1.29 is 4.74 Å². The number of rotatable bonds is 7. The van der Waals surface area contributed by atoms with E-state index in [1.165, 1.54) is 0 Å². The molecule has 2 rings (SSSR count). The molecule has 1 atom stereocenters. The maximum atomic E-state index is 5.41. The number of thiazole rings is 1. The third kappa shape index (κ3) is 8.19. The van der Waals surface area contributed by atoms with Gasteiger partial charge >= 0.3 is 0 Å². The van der Waals surface area contributed by atoms with Gasteiger partial charge in [-0.1, -0.05) is 6.92 Å². The monoisotopic (exact) mass is 481 g/mol. The zero-order valence-corrected chi connectivity index (χ0v) is 19.0. The van der Waals surface area contributed by atoms with E-state index in [9.17, 15) is 0 Å². The van der Waals surface area contributed by atoms with Gasteiger partial charge in [0.2, 0.25) is 0 Å². The van der Waals surface area contributed by atoms with Crippen LogP contribution in [0.4, 0.5) is 0 Å². The average Bonchev–Trinajstić information content (AvgIpc) is 2.97. The number of hydrogen-bond acceptors (Lipinski definition) is 5. The van der Waals surface area contributed by atoms with Crippen LogP contribution >= 0.6 is 35.3 Å². The Bertz CT molecular complexity index is 519. The van der Waals surface area contributed by atoms with Gasteiger partial charge in [-0.3, -0.25) is 9.89 Å². The first-order valence-corrected chi connectivity index (χ1v) is 9.67. The van der Waals surface area contributed by atoms with Gasteiger partial charge in [-0.15, -0.1) is 35.3 Å². The number of aromatic nitrogens is 1. The number of hydrogen-bond donors (Lipinski definition) is 1. The molecule has 0 bridgehead atoms. The van der Waals surface area contributed by atoms with E-state index in [1.807, 2.05) is 6.92 Å². The van der Waals surface area contributed by atoms with Crippen LogP contribution in [0.25, 0.3) is 0 Å². The first-order chi connectivity index (χ1) is 11.6. The number of aliphatic imine (C=N–C) groups is 1. The number of guanidine groups is 1. The van der Waals surface area contributed by atoms with E-state index in [2.05, 4.69) is 46.4 Å². The van der Waals surface area contributed by atoms with Gasteiger partial charge in [-0.2, -0.15) is 0 Å². The van der Waals surface area contributed by atoms with Crippen LogP contribution in [0.5, 0.6) is 0 Å². The fourth-order valence-corrected chi connectivity index (χ4v) is 3.40. The molecule has 1 aromatic heterocycles. The highest BCUT2D eigenvalue weighted by molar-refractivity contribution is 14.0. The normalized spacial score (nSPS) is 17.0. The number of nitrogens with zero attached hydrogens (tertiary/aromatic N) is 4. The lowest BCUT2D eigenvalue weighted by Gasteiger charge is -2.29. The van der Waals surface area contributed by atoms with E-state index < -0.39 is 0 Å². The molecule has 0 saturated carbocycles. The van der Waals surface area contributed by atoms with Crippen LogP contribution in [0, 0.1) is 12.8 Å². The average molecular weight is 481 g/mol. The van der Waals surface area contributed by atoms with Gasteiger partial charge in [0.15, 0.2) is 5.96 Å². The lowest BCUT2D eigenvalue weighted by Crippen LogP contribution is -2.40. The molecule has 1 aliphatic heterocycles. The van der Waals surface area contributed by atoms with Gasteiger partial charge in [-0.05, 0) is 19.8 Å². The summed E-state index contributed by atoms with van der Waals surface area (Å²) in [6.07, 6.45) is 0. The van der Waals surface area contributed by atoms with E-state index in [0.717, 1.165) is 69.1 Å². The number of aryl methyl sites for hydroxylation is 1. The molecule has 144 valence electrons. The van der Waals surface area contributed by atoms with Crippen LogP contribution in [-0.4, -0.2) is 73.7 Å². The molecule has 2 heterocycles. The molecule has 8 heteroatoms. The molecule has 1 aliphatic rings. The topological polar surface area (TPSA) is 53.0 Å². The summed E-state index contributed by atoms with van der Waals surface area (Å²) in [5, 5.41) is 6.62. The van der Waals surface area contributed by atoms with E-state index in [1.54, 1.807) is 11.3 Å². The number of ether oxygens (including phenoxy) is 1. The van der Waals surface area contributed by atoms with Crippen LogP contribution < -0.4 is 5.32 Å². The highest BCUT2D eigenvalue weighted by Gasteiger charge is 2.14. The van der Waals surface area contributed by atoms with Crippen molar-refractivity contribution in [3.8, 4) is 0 Å². The molecular formula is C17H32IN5OS. The van der Waals surface area contributed by atoms with E-state index >= 15 is 0 Å². The van der Waals surface area contributed by atoms with Gasteiger partial charge in [0, 0.05) is 45.2 Å². The summed E-state index contributed by atoms with van der Waals surface area (Å²) >= 11 is 1.70. The second-order valence-electron chi connectivity index (χ2n) is 6.43. The Labute approximate surface area is 173 Å². The number of morpholine rings is 1. The molecule has 0 aromatic carbocycles. The fourth-order valence-electron chi connectivity index (χ4n) is 2.79. The molecule has 1 aromatic rings. The molecule has 1 saturated heterocycles. The first-order valence-electron chi connectivity index (χ1n) is 8.79. The summed E-state index contributed by atoms with van der Waals surface area (Å²) in [6, 6.07) is 0. The summed E-state index contributed by atoms with van der Waals surface area (Å²) in [4.78, 5) is 14.0. The van der Waals surface area contributed by atoms with E-state index in [0.29, 0.717) is 5.92 Å². The minimum absolute atomic E-state index is 0. The molecule has 1 fully saturated rings. The number of halogens is 1. The van der Waals surface area contributed by atoms with Gasteiger partial charge in [0.25, 0.3) is 0 Å². The van der Waals surface area contributed by atoms with E-state index in [-0.39, 0.29) is 24.0 Å². The summed E-state index contributed by atoms with van der Waals surface area (Å²) < 4.78 is 5.41. The zero-order chi connectivity index (χ0) is 17.4. The smallest absolute Gasteiger partial charge is 0.194 e. The van der Waals surface area contributed by atoms with Gasteiger partial charge < -0.3 is 15.0 Å². The first kappa shape index (κ1) is 22.6. The molecule has 1 N–H and O–H groups in total. The minimum atomic E-state index is 0. The fraction of sp³-hybridized carbons (Fsp3) is 0.765. The van der Waals surface area contributed by atoms with E-state index in [4.69, 9.17) is 9.73 Å². The summed E-state index contributed by atoms with van der Waals surface area (Å²) in [5.74, 6) is 1.49. The quantitative estimate of drug-likeness (QED) is 0.369. The van der Waals surface area contributed by atoms with Crippen LogP contribution in [-0.2, 0) is 11.3 Å². The van der Waals surface area contributed by atoms with Crippen LogP contribution in [0.3, 0.4) is 0 Å². The highest BCUT2D eigenvalue weighted by atomic mass is 127. The van der Waals surface area contributed by atoms with Gasteiger partial charge in [0.1, 0.15) is 0 Å². The lowest BCUT2D eigenvalue weighted by atomic mass is 10.1. The second kappa shape index (κ2) is 12.0. The molecule has 6 nitrogen and oxygen atoms in total. The Morgan fingerprint density at radius 3 is 2.80 bits per heavy atom. The Morgan fingerprint density at radius 2 is 2.20 bits per heavy atom. The van der Waals surface area contributed by atoms with Gasteiger partial charge in [-0.25, -0.2) is 4.98 Å². The highest BCUT2D eigenvalue weighted by Crippen LogP contribution is 2.10. The Kier molecular flexibility index (Phi) is 10.9. The largest absolute Gasteiger partial charge is 0.379 e. The molecule has 0 aliphatic carbocycles. The van der Waals surface area contributed by atoms with Crippen molar-refractivity contribution in [2.75, 3.05) is 53.0 Å².